The number of para-hydroxylation sites is 2. The van der Waals surface area contributed by atoms with Gasteiger partial charge in [0.05, 0.1) is 17.6 Å². The van der Waals surface area contributed by atoms with E-state index in [0.29, 0.717) is 38.6 Å². The molecule has 1 aliphatic carbocycles. The quantitative estimate of drug-likeness (QED) is 0.831. The summed E-state index contributed by atoms with van der Waals surface area (Å²) in [6, 6.07) is 8.06. The molecule has 144 valence electrons. The fraction of sp³-hybridized carbons (Fsp3) is 0.550. The van der Waals surface area contributed by atoms with E-state index < -0.39 is 0 Å². The van der Waals surface area contributed by atoms with E-state index in [9.17, 15) is 9.59 Å². The zero-order valence-electron chi connectivity index (χ0n) is 15.9. The maximum Gasteiger partial charge on any atom is 0.242 e. The number of imidazole rings is 1. The summed E-state index contributed by atoms with van der Waals surface area (Å²) in [6.45, 7) is 6.15. The van der Waals surface area contributed by atoms with Crippen molar-refractivity contribution >= 4 is 22.8 Å². The Kier molecular flexibility index (Phi) is 5.11. The number of nitrogens with zero attached hydrogens (tertiary/aromatic N) is 4. The van der Waals surface area contributed by atoms with Gasteiger partial charge < -0.3 is 14.8 Å². The number of rotatable bonds is 6. The van der Waals surface area contributed by atoms with Gasteiger partial charge in [-0.1, -0.05) is 12.1 Å². The Bertz CT molecular complexity index is 834. The van der Waals surface area contributed by atoms with E-state index in [4.69, 9.17) is 4.98 Å². The van der Waals surface area contributed by atoms with Crippen LogP contribution in [0.25, 0.3) is 11.0 Å². The van der Waals surface area contributed by atoms with Gasteiger partial charge in [0.2, 0.25) is 11.8 Å². The highest BCUT2D eigenvalue weighted by Gasteiger charge is 2.31. The summed E-state index contributed by atoms with van der Waals surface area (Å²) in [5.74, 6) is 1.74. The van der Waals surface area contributed by atoms with Gasteiger partial charge >= 0.3 is 0 Å². The van der Waals surface area contributed by atoms with E-state index in [1.54, 1.807) is 0 Å². The number of nitrogens with one attached hydrogen (secondary N) is 1. The average Bonchev–Trinajstić information content (AvgIpc) is 3.45. The van der Waals surface area contributed by atoms with Crippen LogP contribution >= 0.6 is 0 Å². The maximum atomic E-state index is 12.9. The second kappa shape index (κ2) is 7.68. The van der Waals surface area contributed by atoms with Crippen LogP contribution in [0.5, 0.6) is 0 Å². The fourth-order valence-electron chi connectivity index (χ4n) is 3.76. The largest absolute Gasteiger partial charge is 0.355 e. The lowest BCUT2D eigenvalue weighted by Gasteiger charge is -2.34. The lowest BCUT2D eigenvalue weighted by Crippen LogP contribution is -2.51. The lowest BCUT2D eigenvalue weighted by molar-refractivity contribution is -0.133. The molecular weight excluding hydrogens is 342 g/mol. The molecule has 2 fully saturated rings. The minimum atomic E-state index is 0.0521. The number of carbonyl (C=O) groups is 2. The van der Waals surface area contributed by atoms with Gasteiger partial charge in [0.15, 0.2) is 0 Å². The molecule has 1 saturated carbocycles. The zero-order valence-corrected chi connectivity index (χ0v) is 15.9. The predicted molar refractivity (Wildman–Crippen MR) is 103 cm³/mol. The van der Waals surface area contributed by atoms with Crippen molar-refractivity contribution in [3.8, 4) is 0 Å². The summed E-state index contributed by atoms with van der Waals surface area (Å²) >= 11 is 0. The highest BCUT2D eigenvalue weighted by molar-refractivity contribution is 5.81. The van der Waals surface area contributed by atoms with Gasteiger partial charge in [-0.15, -0.1) is 0 Å². The Morgan fingerprint density at radius 2 is 1.85 bits per heavy atom. The van der Waals surface area contributed by atoms with E-state index in [-0.39, 0.29) is 11.8 Å². The van der Waals surface area contributed by atoms with Gasteiger partial charge in [-0.25, -0.2) is 4.98 Å². The zero-order chi connectivity index (χ0) is 18.8. The molecular formula is C20H27N5O2. The molecule has 0 bridgehead atoms. The standard InChI is InChI=1S/C20H27N5O2/c1-2-21-18(26)13-23-9-11-24(12-10-23)19(27)14-25-17-6-4-3-5-16(17)22-20(25)15-7-8-15/h3-6,15H,2,7-14H2,1H3,(H,21,26). The number of amides is 2. The third-order valence-electron chi connectivity index (χ3n) is 5.39. The number of hydrogen-bond acceptors (Lipinski definition) is 4. The first-order chi connectivity index (χ1) is 13.2. The molecule has 4 rings (SSSR count). The molecule has 2 aromatic rings. The number of likely N-dealkylation sites (N-methyl/N-ethyl adjacent to an activating group) is 1. The lowest BCUT2D eigenvalue weighted by atomic mass is 10.3. The topological polar surface area (TPSA) is 70.5 Å². The summed E-state index contributed by atoms with van der Waals surface area (Å²) in [4.78, 5) is 33.4. The van der Waals surface area contributed by atoms with Gasteiger partial charge in [-0.05, 0) is 31.9 Å². The minimum absolute atomic E-state index is 0.0521. The van der Waals surface area contributed by atoms with E-state index >= 15 is 0 Å². The van der Waals surface area contributed by atoms with Crippen molar-refractivity contribution in [2.45, 2.75) is 32.2 Å². The number of hydrogen-bond donors (Lipinski definition) is 1. The van der Waals surface area contributed by atoms with Crippen molar-refractivity contribution in [2.75, 3.05) is 39.3 Å². The third-order valence-corrected chi connectivity index (χ3v) is 5.39. The Hall–Kier alpha value is -2.41. The normalized spacial score (nSPS) is 18.0. The smallest absolute Gasteiger partial charge is 0.242 e. The second-order valence-electron chi connectivity index (χ2n) is 7.43. The van der Waals surface area contributed by atoms with Crippen LogP contribution in [0.3, 0.4) is 0 Å². The Morgan fingerprint density at radius 1 is 1.11 bits per heavy atom. The summed E-state index contributed by atoms with van der Waals surface area (Å²) in [5.41, 5.74) is 2.02. The Labute approximate surface area is 159 Å². The first-order valence-corrected chi connectivity index (χ1v) is 9.87. The van der Waals surface area contributed by atoms with Crippen molar-refractivity contribution in [3.63, 3.8) is 0 Å². The summed E-state index contributed by atoms with van der Waals surface area (Å²) in [5, 5.41) is 2.82. The monoisotopic (exact) mass is 369 g/mol. The molecule has 1 aromatic carbocycles. The first-order valence-electron chi connectivity index (χ1n) is 9.87. The molecule has 2 aliphatic rings. The third kappa shape index (κ3) is 3.98. The van der Waals surface area contributed by atoms with Crippen LogP contribution in [0.1, 0.15) is 31.5 Å². The Morgan fingerprint density at radius 3 is 2.56 bits per heavy atom. The summed E-state index contributed by atoms with van der Waals surface area (Å²) < 4.78 is 2.11. The van der Waals surface area contributed by atoms with E-state index in [1.807, 2.05) is 36.1 Å². The highest BCUT2D eigenvalue weighted by atomic mass is 16.2. The molecule has 27 heavy (non-hydrogen) atoms. The van der Waals surface area contributed by atoms with Crippen molar-refractivity contribution in [3.05, 3.63) is 30.1 Å². The SMILES string of the molecule is CCNC(=O)CN1CCN(C(=O)Cn2c(C3CC3)nc3ccccc32)CC1. The summed E-state index contributed by atoms with van der Waals surface area (Å²) in [7, 11) is 0. The molecule has 1 aromatic heterocycles. The Balaban J connectivity index is 1.40. The van der Waals surface area contributed by atoms with Crippen molar-refractivity contribution in [2.24, 2.45) is 0 Å². The summed E-state index contributed by atoms with van der Waals surface area (Å²) in [6.07, 6.45) is 2.33. The van der Waals surface area contributed by atoms with E-state index in [2.05, 4.69) is 14.8 Å². The fourth-order valence-corrected chi connectivity index (χ4v) is 3.76. The molecule has 7 nitrogen and oxygen atoms in total. The van der Waals surface area contributed by atoms with Gasteiger partial charge in [-0.3, -0.25) is 14.5 Å². The number of fused-ring (bicyclic) bond motifs is 1. The number of aromatic nitrogens is 2. The maximum absolute atomic E-state index is 12.9. The van der Waals surface area contributed by atoms with Crippen LogP contribution in [-0.4, -0.2) is 70.4 Å². The molecule has 2 amide bonds. The van der Waals surface area contributed by atoms with Gasteiger partial charge in [-0.2, -0.15) is 0 Å². The van der Waals surface area contributed by atoms with Crippen LogP contribution in [0.4, 0.5) is 0 Å². The second-order valence-corrected chi connectivity index (χ2v) is 7.43. The molecule has 1 N–H and O–H groups in total. The van der Waals surface area contributed by atoms with Gasteiger partial charge in [0.1, 0.15) is 12.4 Å². The van der Waals surface area contributed by atoms with Crippen LogP contribution in [-0.2, 0) is 16.1 Å². The molecule has 1 aliphatic heterocycles. The minimum Gasteiger partial charge on any atom is -0.355 e. The molecule has 0 atom stereocenters. The number of benzene rings is 1. The molecule has 0 radical (unpaired) electrons. The van der Waals surface area contributed by atoms with E-state index in [1.165, 1.54) is 0 Å². The van der Waals surface area contributed by atoms with Crippen molar-refractivity contribution in [1.29, 1.82) is 0 Å². The molecule has 1 saturated heterocycles. The average molecular weight is 369 g/mol. The molecule has 0 spiro atoms. The van der Waals surface area contributed by atoms with Crippen LogP contribution < -0.4 is 5.32 Å². The van der Waals surface area contributed by atoms with Gasteiger partial charge in [0, 0.05) is 38.6 Å². The van der Waals surface area contributed by atoms with Crippen molar-refractivity contribution < 1.29 is 9.59 Å². The molecule has 7 heteroatoms. The highest BCUT2D eigenvalue weighted by Crippen LogP contribution is 2.40. The van der Waals surface area contributed by atoms with Gasteiger partial charge in [0.25, 0.3) is 0 Å². The first kappa shape index (κ1) is 18.0. The predicted octanol–water partition coefficient (Wildman–Crippen LogP) is 1.19. The van der Waals surface area contributed by atoms with Crippen LogP contribution in [0, 0.1) is 0 Å². The number of carbonyl (C=O) groups excluding carboxylic acids is 2. The van der Waals surface area contributed by atoms with E-state index in [0.717, 1.165) is 42.8 Å². The van der Waals surface area contributed by atoms with Crippen LogP contribution in [0.15, 0.2) is 24.3 Å². The van der Waals surface area contributed by atoms with Crippen LogP contribution in [0.2, 0.25) is 0 Å². The molecule has 2 heterocycles. The van der Waals surface area contributed by atoms with Crippen molar-refractivity contribution in [1.82, 2.24) is 24.7 Å². The number of piperazine rings is 1. The molecule has 0 unspecified atom stereocenters.